The summed E-state index contributed by atoms with van der Waals surface area (Å²) in [7, 11) is 0. The van der Waals surface area contributed by atoms with Crippen molar-refractivity contribution in [2.75, 3.05) is 44.7 Å². The van der Waals surface area contributed by atoms with Gasteiger partial charge in [-0.25, -0.2) is 4.79 Å². The Bertz CT molecular complexity index is 422. The van der Waals surface area contributed by atoms with Gasteiger partial charge < -0.3 is 15.4 Å². The molecular formula is C13H19N3O2S. The average Bonchev–Trinajstić information content (AvgIpc) is 2.43. The maximum Gasteiger partial charge on any atom is 0.319 e. The summed E-state index contributed by atoms with van der Waals surface area (Å²) < 4.78 is 5.27. The second-order valence-corrected chi connectivity index (χ2v) is 4.83. The molecule has 0 aliphatic carbocycles. The Morgan fingerprint density at radius 2 is 2.05 bits per heavy atom. The summed E-state index contributed by atoms with van der Waals surface area (Å²) in [4.78, 5) is 14.7. The number of nitrogens with one attached hydrogen (secondary N) is 2. The molecule has 1 saturated heterocycles. The topological polar surface area (TPSA) is 53.6 Å². The second-order valence-electron chi connectivity index (χ2n) is 4.35. The lowest BCUT2D eigenvalue weighted by molar-refractivity contribution is 0.0388. The van der Waals surface area contributed by atoms with Crippen molar-refractivity contribution < 1.29 is 9.53 Å². The number of hydrogen-bond donors (Lipinski definition) is 3. The van der Waals surface area contributed by atoms with Crippen molar-refractivity contribution in [2.45, 2.75) is 4.90 Å². The third kappa shape index (κ3) is 4.74. The standard InChI is InChI=1S/C13H19N3O2S/c17-13(15-11-3-1-2-4-12(11)19)14-5-6-16-7-9-18-10-8-16/h1-4,19H,5-10H2,(H2,14,15,17). The number of nitrogens with zero attached hydrogens (tertiary/aromatic N) is 1. The van der Waals surface area contributed by atoms with E-state index in [1.807, 2.05) is 24.3 Å². The van der Waals surface area contributed by atoms with Crippen molar-refractivity contribution in [1.29, 1.82) is 0 Å². The summed E-state index contributed by atoms with van der Waals surface area (Å²) in [5.41, 5.74) is 0.717. The van der Waals surface area contributed by atoms with Crippen molar-refractivity contribution in [1.82, 2.24) is 10.2 Å². The second kappa shape index (κ2) is 7.37. The molecule has 0 spiro atoms. The van der Waals surface area contributed by atoms with Crippen molar-refractivity contribution in [2.24, 2.45) is 0 Å². The van der Waals surface area contributed by atoms with Crippen molar-refractivity contribution in [3.63, 3.8) is 0 Å². The normalized spacial score (nSPS) is 16.1. The van der Waals surface area contributed by atoms with Crippen LogP contribution in [0.15, 0.2) is 29.2 Å². The molecule has 1 aliphatic rings. The van der Waals surface area contributed by atoms with Gasteiger partial charge in [-0.2, -0.15) is 0 Å². The number of urea groups is 1. The van der Waals surface area contributed by atoms with E-state index < -0.39 is 0 Å². The minimum absolute atomic E-state index is 0.199. The van der Waals surface area contributed by atoms with E-state index in [4.69, 9.17) is 4.74 Å². The van der Waals surface area contributed by atoms with Crippen molar-refractivity contribution in [3.8, 4) is 0 Å². The van der Waals surface area contributed by atoms with Gasteiger partial charge in [0.2, 0.25) is 0 Å². The summed E-state index contributed by atoms with van der Waals surface area (Å²) in [5, 5.41) is 5.62. The summed E-state index contributed by atoms with van der Waals surface area (Å²) in [6.45, 7) is 4.89. The minimum atomic E-state index is -0.199. The van der Waals surface area contributed by atoms with E-state index in [0.717, 1.165) is 43.4 Å². The van der Waals surface area contributed by atoms with E-state index in [0.29, 0.717) is 6.54 Å². The number of para-hydroxylation sites is 1. The Kier molecular flexibility index (Phi) is 5.50. The number of carbonyl (C=O) groups excluding carboxylic acids is 1. The first-order valence-electron chi connectivity index (χ1n) is 6.38. The van der Waals surface area contributed by atoms with Crippen LogP contribution >= 0.6 is 12.6 Å². The molecule has 5 nitrogen and oxygen atoms in total. The fourth-order valence-electron chi connectivity index (χ4n) is 1.90. The molecule has 1 fully saturated rings. The van der Waals surface area contributed by atoms with E-state index in [1.165, 1.54) is 0 Å². The molecule has 19 heavy (non-hydrogen) atoms. The maximum absolute atomic E-state index is 11.7. The fraction of sp³-hybridized carbons (Fsp3) is 0.462. The van der Waals surface area contributed by atoms with Gasteiger partial charge >= 0.3 is 6.03 Å². The van der Waals surface area contributed by atoms with Crippen LogP contribution in [0.5, 0.6) is 0 Å². The first kappa shape index (κ1) is 14.2. The molecule has 6 heteroatoms. The molecule has 2 amide bonds. The van der Waals surface area contributed by atoms with Gasteiger partial charge in [0, 0.05) is 31.1 Å². The largest absolute Gasteiger partial charge is 0.379 e. The fourth-order valence-corrected chi connectivity index (χ4v) is 2.11. The molecule has 1 aromatic carbocycles. The number of anilines is 1. The van der Waals surface area contributed by atoms with Crippen LogP contribution in [0.2, 0.25) is 0 Å². The molecule has 0 saturated carbocycles. The van der Waals surface area contributed by atoms with Crippen LogP contribution in [0.3, 0.4) is 0 Å². The van der Waals surface area contributed by atoms with Crippen LogP contribution in [-0.2, 0) is 4.74 Å². The van der Waals surface area contributed by atoms with E-state index in [-0.39, 0.29) is 6.03 Å². The monoisotopic (exact) mass is 281 g/mol. The minimum Gasteiger partial charge on any atom is -0.379 e. The molecule has 1 aliphatic heterocycles. The van der Waals surface area contributed by atoms with Crippen LogP contribution in [0.1, 0.15) is 0 Å². The Morgan fingerprint density at radius 1 is 1.32 bits per heavy atom. The van der Waals surface area contributed by atoms with Gasteiger partial charge in [0.15, 0.2) is 0 Å². The molecule has 0 bridgehead atoms. The summed E-state index contributed by atoms with van der Waals surface area (Å²) in [6.07, 6.45) is 0. The number of ether oxygens (including phenoxy) is 1. The number of benzene rings is 1. The first-order chi connectivity index (χ1) is 9.25. The molecule has 2 rings (SSSR count). The average molecular weight is 281 g/mol. The highest BCUT2D eigenvalue weighted by molar-refractivity contribution is 7.80. The molecule has 0 radical (unpaired) electrons. The first-order valence-corrected chi connectivity index (χ1v) is 6.83. The summed E-state index contributed by atoms with van der Waals surface area (Å²) >= 11 is 4.28. The number of thiol groups is 1. The smallest absolute Gasteiger partial charge is 0.319 e. The number of hydrogen-bond acceptors (Lipinski definition) is 4. The van der Waals surface area contributed by atoms with E-state index >= 15 is 0 Å². The highest BCUT2D eigenvalue weighted by Gasteiger charge is 2.10. The summed E-state index contributed by atoms with van der Waals surface area (Å²) in [6, 6.07) is 7.21. The van der Waals surface area contributed by atoms with Gasteiger partial charge in [0.1, 0.15) is 0 Å². The van der Waals surface area contributed by atoms with E-state index in [2.05, 4.69) is 28.2 Å². The number of carbonyl (C=O) groups is 1. The van der Waals surface area contributed by atoms with Crippen LogP contribution in [0, 0.1) is 0 Å². The third-order valence-corrected chi connectivity index (χ3v) is 3.36. The predicted octanol–water partition coefficient (Wildman–Crippen LogP) is 1.43. The van der Waals surface area contributed by atoms with Crippen molar-refractivity contribution >= 4 is 24.3 Å². The van der Waals surface area contributed by atoms with E-state index in [1.54, 1.807) is 0 Å². The Labute approximate surface area is 118 Å². The lowest BCUT2D eigenvalue weighted by Crippen LogP contribution is -2.42. The molecule has 0 aromatic heterocycles. The molecule has 2 N–H and O–H groups in total. The van der Waals surface area contributed by atoms with Crippen LogP contribution in [-0.4, -0.2) is 50.3 Å². The predicted molar refractivity (Wildman–Crippen MR) is 78.0 cm³/mol. The van der Waals surface area contributed by atoms with Gasteiger partial charge in [-0.15, -0.1) is 12.6 Å². The zero-order chi connectivity index (χ0) is 13.5. The van der Waals surface area contributed by atoms with Gasteiger partial charge in [0.05, 0.1) is 18.9 Å². The molecule has 0 atom stereocenters. The number of amides is 2. The lowest BCUT2D eigenvalue weighted by atomic mass is 10.3. The molecule has 1 aromatic rings. The molecular weight excluding hydrogens is 262 g/mol. The SMILES string of the molecule is O=C(NCCN1CCOCC1)Nc1ccccc1S. The molecule has 104 valence electrons. The van der Waals surface area contributed by atoms with Crippen LogP contribution in [0.4, 0.5) is 10.5 Å². The number of rotatable bonds is 4. The zero-order valence-electron chi connectivity index (χ0n) is 10.8. The van der Waals surface area contributed by atoms with Gasteiger partial charge in [-0.3, -0.25) is 4.90 Å². The molecule has 1 heterocycles. The Balaban J connectivity index is 1.68. The van der Waals surface area contributed by atoms with Crippen LogP contribution in [0.25, 0.3) is 0 Å². The lowest BCUT2D eigenvalue weighted by Gasteiger charge is -2.26. The quantitative estimate of drug-likeness (QED) is 0.732. The highest BCUT2D eigenvalue weighted by atomic mass is 32.1. The number of morpholine rings is 1. The zero-order valence-corrected chi connectivity index (χ0v) is 11.7. The van der Waals surface area contributed by atoms with Gasteiger partial charge in [0.25, 0.3) is 0 Å². The summed E-state index contributed by atoms with van der Waals surface area (Å²) in [5.74, 6) is 0. The van der Waals surface area contributed by atoms with E-state index in [9.17, 15) is 4.79 Å². The van der Waals surface area contributed by atoms with Gasteiger partial charge in [-0.05, 0) is 12.1 Å². The van der Waals surface area contributed by atoms with Crippen LogP contribution < -0.4 is 10.6 Å². The Hall–Kier alpha value is -1.24. The third-order valence-electron chi connectivity index (χ3n) is 2.97. The Morgan fingerprint density at radius 3 is 2.79 bits per heavy atom. The van der Waals surface area contributed by atoms with Crippen molar-refractivity contribution in [3.05, 3.63) is 24.3 Å². The molecule has 0 unspecified atom stereocenters. The maximum atomic E-state index is 11.7. The highest BCUT2D eigenvalue weighted by Crippen LogP contribution is 2.17. The van der Waals surface area contributed by atoms with Gasteiger partial charge in [-0.1, -0.05) is 12.1 Å².